The van der Waals surface area contributed by atoms with Gasteiger partial charge in [-0.15, -0.1) is 0 Å². The fraction of sp³-hybridized carbons (Fsp3) is 0.250. The highest BCUT2D eigenvalue weighted by molar-refractivity contribution is 6.02. The van der Waals surface area contributed by atoms with Crippen LogP contribution in [-0.4, -0.2) is 57.9 Å². The van der Waals surface area contributed by atoms with E-state index in [-0.39, 0.29) is 11.1 Å². The predicted molar refractivity (Wildman–Crippen MR) is 91.8 cm³/mol. The van der Waals surface area contributed by atoms with Crippen molar-refractivity contribution in [3.8, 4) is 0 Å². The summed E-state index contributed by atoms with van der Waals surface area (Å²) in [6, 6.07) is 1.80. The smallest absolute Gasteiger partial charge is 0.326 e. The third-order valence-corrected chi connectivity index (χ3v) is 3.40. The molecule has 0 aliphatic rings. The van der Waals surface area contributed by atoms with Crippen molar-refractivity contribution in [2.45, 2.75) is 24.9 Å². The molecule has 2 atom stereocenters. The number of amides is 4. The second-order valence-corrected chi connectivity index (χ2v) is 5.65. The van der Waals surface area contributed by atoms with Crippen LogP contribution in [0, 0.1) is 0 Å². The molecular formula is C16H18N4O8. The fourth-order valence-corrected chi connectivity index (χ4v) is 2.09. The van der Waals surface area contributed by atoms with E-state index in [0.717, 1.165) is 6.07 Å². The van der Waals surface area contributed by atoms with Gasteiger partial charge in [0.25, 0.3) is 11.8 Å². The molecule has 150 valence electrons. The van der Waals surface area contributed by atoms with E-state index in [9.17, 15) is 28.8 Å². The number of carboxylic acid groups (broad SMARTS) is 2. The Kier molecular flexibility index (Phi) is 7.62. The van der Waals surface area contributed by atoms with Crippen LogP contribution in [0.2, 0.25) is 0 Å². The van der Waals surface area contributed by atoms with Gasteiger partial charge in [0.1, 0.15) is 12.1 Å². The van der Waals surface area contributed by atoms with Crippen LogP contribution < -0.4 is 22.1 Å². The number of hydrogen-bond donors (Lipinski definition) is 6. The fourth-order valence-electron chi connectivity index (χ4n) is 2.09. The van der Waals surface area contributed by atoms with Crippen molar-refractivity contribution in [2.75, 3.05) is 0 Å². The molecule has 0 spiro atoms. The lowest BCUT2D eigenvalue weighted by Crippen LogP contribution is -2.44. The number of carbonyl (C=O) groups excluding carboxylic acids is 4. The quantitative estimate of drug-likeness (QED) is 0.255. The molecule has 0 aromatic heterocycles. The van der Waals surface area contributed by atoms with E-state index in [1.807, 2.05) is 0 Å². The van der Waals surface area contributed by atoms with Crippen molar-refractivity contribution in [1.29, 1.82) is 0 Å². The SMILES string of the molecule is NC(=O)C[C@H](NC(=O)c1cccc(C(=O)N[C@@H](CC(N)=O)C(=O)O)c1)C(=O)O. The van der Waals surface area contributed by atoms with Gasteiger partial charge in [-0.2, -0.15) is 0 Å². The molecule has 0 aliphatic carbocycles. The maximum absolute atomic E-state index is 12.2. The van der Waals surface area contributed by atoms with Crippen molar-refractivity contribution in [2.24, 2.45) is 11.5 Å². The van der Waals surface area contributed by atoms with Gasteiger partial charge in [0.15, 0.2) is 0 Å². The molecule has 0 aliphatic heterocycles. The van der Waals surface area contributed by atoms with E-state index < -0.39 is 60.5 Å². The second kappa shape index (κ2) is 9.66. The van der Waals surface area contributed by atoms with Gasteiger partial charge in [-0.3, -0.25) is 19.2 Å². The highest BCUT2D eigenvalue weighted by Crippen LogP contribution is 2.08. The molecule has 0 radical (unpaired) electrons. The van der Waals surface area contributed by atoms with Crippen LogP contribution in [0.5, 0.6) is 0 Å². The Morgan fingerprint density at radius 1 is 0.786 bits per heavy atom. The molecule has 0 heterocycles. The lowest BCUT2D eigenvalue weighted by molar-refractivity contribution is -0.141. The summed E-state index contributed by atoms with van der Waals surface area (Å²) >= 11 is 0. The van der Waals surface area contributed by atoms with E-state index in [2.05, 4.69) is 10.6 Å². The topological polar surface area (TPSA) is 219 Å². The molecule has 12 nitrogen and oxygen atoms in total. The first kappa shape index (κ1) is 22.1. The Balaban J connectivity index is 2.95. The second-order valence-electron chi connectivity index (χ2n) is 5.65. The summed E-state index contributed by atoms with van der Waals surface area (Å²) in [5, 5.41) is 22.2. The molecule has 28 heavy (non-hydrogen) atoms. The van der Waals surface area contributed by atoms with E-state index in [0.29, 0.717) is 0 Å². The molecule has 8 N–H and O–H groups in total. The predicted octanol–water partition coefficient (Wildman–Crippen LogP) is -2.20. The minimum absolute atomic E-state index is 0.120. The highest BCUT2D eigenvalue weighted by atomic mass is 16.4. The Labute approximate surface area is 157 Å². The van der Waals surface area contributed by atoms with Crippen LogP contribution in [0.25, 0.3) is 0 Å². The Morgan fingerprint density at radius 3 is 1.43 bits per heavy atom. The van der Waals surface area contributed by atoms with Crippen molar-refractivity contribution in [3.05, 3.63) is 35.4 Å². The standard InChI is InChI=1S/C16H18N4O8/c17-11(21)5-9(15(25)26)19-13(23)7-2-1-3-8(4-7)14(24)20-10(16(27)28)6-12(18)22/h1-4,9-10H,5-6H2,(H2,17,21)(H2,18,22)(H,19,23)(H,20,24)(H,25,26)(H,27,28)/t9-,10-/m0/s1. The molecule has 0 bridgehead atoms. The van der Waals surface area contributed by atoms with Crippen LogP contribution in [0.3, 0.4) is 0 Å². The van der Waals surface area contributed by atoms with Crippen LogP contribution in [0.15, 0.2) is 24.3 Å². The van der Waals surface area contributed by atoms with Gasteiger partial charge >= 0.3 is 11.9 Å². The van der Waals surface area contributed by atoms with Gasteiger partial charge in [0.2, 0.25) is 11.8 Å². The van der Waals surface area contributed by atoms with Gasteiger partial charge in [0, 0.05) is 11.1 Å². The molecule has 0 fully saturated rings. The molecule has 12 heteroatoms. The summed E-state index contributed by atoms with van der Waals surface area (Å²) < 4.78 is 0. The van der Waals surface area contributed by atoms with Crippen LogP contribution in [0.1, 0.15) is 33.6 Å². The summed E-state index contributed by atoms with van der Waals surface area (Å²) in [4.78, 5) is 68.3. The van der Waals surface area contributed by atoms with Crippen molar-refractivity contribution in [1.82, 2.24) is 10.6 Å². The summed E-state index contributed by atoms with van der Waals surface area (Å²) in [5.74, 6) is -6.61. The largest absolute Gasteiger partial charge is 0.480 e. The number of benzene rings is 1. The normalized spacial score (nSPS) is 12.3. The van der Waals surface area contributed by atoms with Gasteiger partial charge < -0.3 is 32.3 Å². The summed E-state index contributed by atoms with van der Waals surface area (Å²) in [5.41, 5.74) is 9.61. The number of carbonyl (C=O) groups is 6. The summed E-state index contributed by atoms with van der Waals surface area (Å²) in [6.07, 6.45) is -1.26. The molecule has 4 amide bonds. The van der Waals surface area contributed by atoms with Crippen LogP contribution >= 0.6 is 0 Å². The van der Waals surface area contributed by atoms with Gasteiger partial charge in [0.05, 0.1) is 12.8 Å². The molecule has 1 rings (SSSR count). The average molecular weight is 394 g/mol. The maximum atomic E-state index is 12.2. The minimum atomic E-state index is -1.56. The molecule has 1 aromatic carbocycles. The van der Waals surface area contributed by atoms with Crippen LogP contribution in [-0.2, 0) is 19.2 Å². The molecular weight excluding hydrogens is 376 g/mol. The summed E-state index contributed by atoms with van der Waals surface area (Å²) in [6.45, 7) is 0. The van der Waals surface area contributed by atoms with Gasteiger partial charge in [-0.05, 0) is 18.2 Å². The van der Waals surface area contributed by atoms with E-state index in [4.69, 9.17) is 21.7 Å². The first-order valence-corrected chi connectivity index (χ1v) is 7.75. The number of primary amides is 2. The Bertz CT molecular complexity index is 759. The van der Waals surface area contributed by atoms with E-state index in [1.54, 1.807) is 0 Å². The van der Waals surface area contributed by atoms with Crippen molar-refractivity contribution < 1.29 is 39.0 Å². The first-order chi connectivity index (χ1) is 13.0. The maximum Gasteiger partial charge on any atom is 0.326 e. The van der Waals surface area contributed by atoms with Crippen molar-refractivity contribution >= 4 is 35.6 Å². The number of rotatable bonds is 10. The number of hydrogen-bond acceptors (Lipinski definition) is 6. The lowest BCUT2D eigenvalue weighted by atomic mass is 10.1. The Morgan fingerprint density at radius 2 is 1.14 bits per heavy atom. The number of aliphatic carboxylic acids is 2. The van der Waals surface area contributed by atoms with Crippen LogP contribution in [0.4, 0.5) is 0 Å². The van der Waals surface area contributed by atoms with Crippen molar-refractivity contribution in [3.63, 3.8) is 0 Å². The van der Waals surface area contributed by atoms with E-state index in [1.165, 1.54) is 18.2 Å². The molecule has 0 saturated heterocycles. The number of carboxylic acids is 2. The average Bonchev–Trinajstić information content (AvgIpc) is 2.59. The summed E-state index contributed by atoms with van der Waals surface area (Å²) in [7, 11) is 0. The zero-order valence-electron chi connectivity index (χ0n) is 14.4. The lowest BCUT2D eigenvalue weighted by Gasteiger charge is -2.14. The van der Waals surface area contributed by atoms with E-state index >= 15 is 0 Å². The number of nitrogens with one attached hydrogen (secondary N) is 2. The molecule has 0 saturated carbocycles. The van der Waals surface area contributed by atoms with Gasteiger partial charge in [-0.25, -0.2) is 9.59 Å². The zero-order valence-corrected chi connectivity index (χ0v) is 14.4. The molecule has 0 unspecified atom stereocenters. The highest BCUT2D eigenvalue weighted by Gasteiger charge is 2.25. The third-order valence-electron chi connectivity index (χ3n) is 3.40. The van der Waals surface area contributed by atoms with Gasteiger partial charge in [-0.1, -0.05) is 6.07 Å². The number of nitrogens with two attached hydrogens (primary N) is 2. The zero-order chi connectivity index (χ0) is 21.4. The Hall–Kier alpha value is -3.96. The monoisotopic (exact) mass is 394 g/mol. The third kappa shape index (κ3) is 6.74. The molecule has 1 aromatic rings. The first-order valence-electron chi connectivity index (χ1n) is 7.75. The minimum Gasteiger partial charge on any atom is -0.480 e.